The van der Waals surface area contributed by atoms with Gasteiger partial charge in [0, 0.05) is 0 Å². The molecule has 3 rings (SSSR count). The number of hydrogen-bond acceptors (Lipinski definition) is 4. The summed E-state index contributed by atoms with van der Waals surface area (Å²) >= 11 is 0. The van der Waals surface area contributed by atoms with Crippen LogP contribution in [0, 0.1) is 0 Å². The molecule has 1 aliphatic rings. The lowest BCUT2D eigenvalue weighted by atomic mass is 10.2. The zero-order chi connectivity index (χ0) is 13.9. The number of aromatic nitrogens is 3. The van der Waals surface area contributed by atoms with E-state index in [9.17, 15) is 4.79 Å². The first kappa shape index (κ1) is 13.1. The van der Waals surface area contributed by atoms with Crippen molar-refractivity contribution in [1.29, 1.82) is 0 Å². The van der Waals surface area contributed by atoms with Crippen molar-refractivity contribution < 1.29 is 14.6 Å². The smallest absolute Gasteiger partial charge is 0.335 e. The quantitative estimate of drug-likeness (QED) is 0.904. The van der Waals surface area contributed by atoms with E-state index in [0.29, 0.717) is 24.8 Å². The Balaban J connectivity index is 1.70. The van der Waals surface area contributed by atoms with Crippen molar-refractivity contribution in [2.24, 2.45) is 0 Å². The van der Waals surface area contributed by atoms with E-state index in [1.54, 1.807) is 22.9 Å². The molecule has 2 aromatic rings. The molecule has 1 aliphatic carbocycles. The van der Waals surface area contributed by atoms with Crippen molar-refractivity contribution >= 4 is 17.0 Å². The normalized spacial score (nSPS) is 16.0. The molecule has 0 spiro atoms. The number of rotatable bonds is 5. The van der Waals surface area contributed by atoms with Crippen LogP contribution < -0.4 is 0 Å². The van der Waals surface area contributed by atoms with E-state index in [2.05, 4.69) is 10.3 Å². The standard InChI is InChI=1S/C14H17N3O3/c18-14(19)10-5-6-12-13(9-10)17(16-15-12)7-8-20-11-3-1-2-4-11/h5-6,9,11H,1-4,7-8H2,(H,18,19). The highest BCUT2D eigenvalue weighted by atomic mass is 16.5. The first-order valence-corrected chi connectivity index (χ1v) is 6.92. The third-order valence-corrected chi connectivity index (χ3v) is 3.72. The van der Waals surface area contributed by atoms with E-state index in [4.69, 9.17) is 9.84 Å². The minimum atomic E-state index is -0.943. The summed E-state index contributed by atoms with van der Waals surface area (Å²) in [5.74, 6) is -0.943. The second kappa shape index (κ2) is 5.58. The van der Waals surface area contributed by atoms with Crippen LogP contribution in [0.15, 0.2) is 18.2 Å². The maximum absolute atomic E-state index is 11.0. The number of ether oxygens (including phenoxy) is 1. The van der Waals surface area contributed by atoms with Gasteiger partial charge in [-0.05, 0) is 31.0 Å². The molecule has 0 unspecified atom stereocenters. The fraction of sp³-hybridized carbons (Fsp3) is 0.500. The molecule has 106 valence electrons. The molecule has 1 saturated carbocycles. The van der Waals surface area contributed by atoms with Gasteiger partial charge >= 0.3 is 5.97 Å². The monoisotopic (exact) mass is 275 g/mol. The Morgan fingerprint density at radius 1 is 1.40 bits per heavy atom. The average Bonchev–Trinajstić information content (AvgIpc) is 3.08. The summed E-state index contributed by atoms with van der Waals surface area (Å²) in [6, 6.07) is 4.83. The zero-order valence-corrected chi connectivity index (χ0v) is 11.2. The van der Waals surface area contributed by atoms with E-state index in [0.717, 1.165) is 18.4 Å². The number of carboxylic acids is 1. The number of nitrogens with zero attached hydrogens (tertiary/aromatic N) is 3. The molecule has 0 radical (unpaired) electrons. The minimum Gasteiger partial charge on any atom is -0.478 e. The van der Waals surface area contributed by atoms with Crippen molar-refractivity contribution in [2.45, 2.75) is 38.3 Å². The lowest BCUT2D eigenvalue weighted by molar-refractivity contribution is 0.0517. The average molecular weight is 275 g/mol. The maximum atomic E-state index is 11.0. The molecule has 1 N–H and O–H groups in total. The fourth-order valence-corrected chi connectivity index (χ4v) is 2.62. The summed E-state index contributed by atoms with van der Waals surface area (Å²) in [5.41, 5.74) is 1.69. The van der Waals surface area contributed by atoms with Gasteiger partial charge in [-0.25, -0.2) is 9.48 Å². The third-order valence-electron chi connectivity index (χ3n) is 3.72. The van der Waals surface area contributed by atoms with Crippen molar-refractivity contribution in [2.75, 3.05) is 6.61 Å². The topological polar surface area (TPSA) is 77.2 Å². The first-order chi connectivity index (χ1) is 9.74. The van der Waals surface area contributed by atoms with Crippen LogP contribution in [-0.2, 0) is 11.3 Å². The number of fused-ring (bicyclic) bond motifs is 1. The predicted molar refractivity (Wildman–Crippen MR) is 72.7 cm³/mol. The largest absolute Gasteiger partial charge is 0.478 e. The van der Waals surface area contributed by atoms with Crippen LogP contribution in [0.3, 0.4) is 0 Å². The van der Waals surface area contributed by atoms with Gasteiger partial charge in [0.2, 0.25) is 0 Å². The molecule has 1 aromatic heterocycles. The Bertz CT molecular complexity index is 617. The first-order valence-electron chi connectivity index (χ1n) is 6.92. The molecular formula is C14H17N3O3. The second-order valence-electron chi connectivity index (χ2n) is 5.10. The summed E-state index contributed by atoms with van der Waals surface area (Å²) in [5, 5.41) is 17.1. The van der Waals surface area contributed by atoms with Crippen molar-refractivity contribution in [3.8, 4) is 0 Å². The molecule has 0 bridgehead atoms. The van der Waals surface area contributed by atoms with Crippen LogP contribution in [-0.4, -0.2) is 38.8 Å². The molecule has 0 aliphatic heterocycles. The van der Waals surface area contributed by atoms with E-state index in [1.807, 2.05) is 0 Å². The Morgan fingerprint density at radius 3 is 2.95 bits per heavy atom. The van der Waals surface area contributed by atoms with Crippen LogP contribution in [0.25, 0.3) is 11.0 Å². The summed E-state index contributed by atoms with van der Waals surface area (Å²) in [7, 11) is 0. The second-order valence-corrected chi connectivity index (χ2v) is 5.10. The number of aromatic carboxylic acids is 1. The lowest BCUT2D eigenvalue weighted by Gasteiger charge is -2.10. The van der Waals surface area contributed by atoms with Gasteiger partial charge in [-0.1, -0.05) is 18.1 Å². The van der Waals surface area contributed by atoms with Crippen LogP contribution in [0.1, 0.15) is 36.0 Å². The van der Waals surface area contributed by atoms with Gasteiger partial charge in [0.1, 0.15) is 5.52 Å². The summed E-state index contributed by atoms with van der Waals surface area (Å²) in [6.07, 6.45) is 5.15. The van der Waals surface area contributed by atoms with Gasteiger partial charge in [0.25, 0.3) is 0 Å². The van der Waals surface area contributed by atoms with Gasteiger partial charge in [-0.15, -0.1) is 5.10 Å². The van der Waals surface area contributed by atoms with Crippen LogP contribution >= 0.6 is 0 Å². The highest BCUT2D eigenvalue weighted by Gasteiger charge is 2.15. The molecular weight excluding hydrogens is 258 g/mol. The number of carbonyl (C=O) groups is 1. The summed E-state index contributed by atoms with van der Waals surface area (Å²) < 4.78 is 7.50. The van der Waals surface area contributed by atoms with Crippen LogP contribution in [0.2, 0.25) is 0 Å². The molecule has 1 aromatic carbocycles. The summed E-state index contributed by atoms with van der Waals surface area (Å²) in [6.45, 7) is 1.18. The van der Waals surface area contributed by atoms with Crippen molar-refractivity contribution in [1.82, 2.24) is 15.0 Å². The fourth-order valence-electron chi connectivity index (χ4n) is 2.62. The molecule has 0 amide bonds. The van der Waals surface area contributed by atoms with E-state index < -0.39 is 5.97 Å². The highest BCUT2D eigenvalue weighted by Crippen LogP contribution is 2.21. The zero-order valence-electron chi connectivity index (χ0n) is 11.2. The lowest BCUT2D eigenvalue weighted by Crippen LogP contribution is -2.14. The van der Waals surface area contributed by atoms with Gasteiger partial charge in [0.15, 0.2) is 0 Å². The van der Waals surface area contributed by atoms with Gasteiger partial charge in [0.05, 0.1) is 30.3 Å². The predicted octanol–water partition coefficient (Wildman–Crippen LogP) is 2.09. The van der Waals surface area contributed by atoms with Crippen LogP contribution in [0.5, 0.6) is 0 Å². The molecule has 6 heteroatoms. The van der Waals surface area contributed by atoms with Crippen molar-refractivity contribution in [3.63, 3.8) is 0 Å². The van der Waals surface area contributed by atoms with Crippen molar-refractivity contribution in [3.05, 3.63) is 23.8 Å². The summed E-state index contributed by atoms with van der Waals surface area (Å²) in [4.78, 5) is 11.0. The minimum absolute atomic E-state index is 0.248. The third kappa shape index (κ3) is 2.65. The Labute approximate surface area is 116 Å². The van der Waals surface area contributed by atoms with Gasteiger partial charge < -0.3 is 9.84 Å². The van der Waals surface area contributed by atoms with E-state index in [1.165, 1.54) is 12.8 Å². The SMILES string of the molecule is O=C(O)c1ccc2nnn(CCOC3CCCC3)c2c1. The Hall–Kier alpha value is -1.95. The molecule has 1 fully saturated rings. The molecule has 1 heterocycles. The van der Waals surface area contributed by atoms with E-state index in [-0.39, 0.29) is 5.56 Å². The van der Waals surface area contributed by atoms with E-state index >= 15 is 0 Å². The molecule has 20 heavy (non-hydrogen) atoms. The highest BCUT2D eigenvalue weighted by molar-refractivity contribution is 5.92. The Morgan fingerprint density at radius 2 is 2.20 bits per heavy atom. The number of benzene rings is 1. The van der Waals surface area contributed by atoms with Gasteiger partial charge in [-0.2, -0.15) is 0 Å². The Kier molecular flexibility index (Phi) is 3.64. The van der Waals surface area contributed by atoms with Gasteiger partial charge in [-0.3, -0.25) is 0 Å². The number of hydrogen-bond donors (Lipinski definition) is 1. The number of carboxylic acid groups (broad SMARTS) is 1. The molecule has 0 saturated heterocycles. The molecule has 6 nitrogen and oxygen atoms in total. The maximum Gasteiger partial charge on any atom is 0.335 e. The molecule has 0 atom stereocenters. The van der Waals surface area contributed by atoms with Crippen LogP contribution in [0.4, 0.5) is 0 Å².